The Morgan fingerprint density at radius 3 is 2.71 bits per heavy atom. The molecule has 2 N–H and O–H groups in total. The van der Waals surface area contributed by atoms with Crippen molar-refractivity contribution in [3.63, 3.8) is 0 Å². The second-order valence-electron chi connectivity index (χ2n) is 5.47. The van der Waals surface area contributed by atoms with E-state index in [0.29, 0.717) is 10.8 Å². The molecule has 7 heteroatoms. The molecule has 0 saturated heterocycles. The lowest BCUT2D eigenvalue weighted by molar-refractivity contribution is 0.552. The van der Waals surface area contributed by atoms with Crippen molar-refractivity contribution in [3.8, 4) is 0 Å². The van der Waals surface area contributed by atoms with E-state index in [9.17, 15) is 8.42 Å². The molecule has 0 unspecified atom stereocenters. The molecule has 0 spiro atoms. The summed E-state index contributed by atoms with van der Waals surface area (Å²) in [5.41, 5.74) is 1.03. The van der Waals surface area contributed by atoms with E-state index in [1.807, 2.05) is 12.3 Å². The molecule has 1 saturated carbocycles. The normalized spacial score (nSPS) is 18.2. The van der Waals surface area contributed by atoms with Gasteiger partial charge in [-0.15, -0.1) is 11.3 Å². The molecule has 2 rings (SSSR count). The average molecular weight is 349 g/mol. The molecule has 0 radical (unpaired) electrons. The van der Waals surface area contributed by atoms with E-state index in [-0.39, 0.29) is 4.75 Å². The number of nitrogens with one attached hydrogen (secondary N) is 2. The smallest absolute Gasteiger partial charge is 0.250 e. The van der Waals surface area contributed by atoms with Crippen molar-refractivity contribution in [3.05, 3.63) is 17.0 Å². The summed E-state index contributed by atoms with van der Waals surface area (Å²) in [6, 6.07) is 1.77. The van der Waals surface area contributed by atoms with Gasteiger partial charge in [0.15, 0.2) is 0 Å². The largest absolute Gasteiger partial charge is 0.313 e. The third kappa shape index (κ3) is 4.45. The van der Waals surface area contributed by atoms with Gasteiger partial charge >= 0.3 is 0 Å². The first-order valence-corrected chi connectivity index (χ1v) is 10.9. The van der Waals surface area contributed by atoms with Crippen LogP contribution in [0.25, 0.3) is 0 Å². The van der Waals surface area contributed by atoms with Crippen molar-refractivity contribution in [1.82, 2.24) is 10.0 Å². The number of sulfonamides is 1. The van der Waals surface area contributed by atoms with Crippen molar-refractivity contribution in [2.24, 2.45) is 0 Å². The second-order valence-corrected chi connectivity index (χ2v) is 9.65. The van der Waals surface area contributed by atoms with E-state index in [4.69, 9.17) is 0 Å². The summed E-state index contributed by atoms with van der Waals surface area (Å²) in [6.45, 7) is 4.18. The first-order chi connectivity index (χ1) is 10.0. The predicted molar refractivity (Wildman–Crippen MR) is 91.6 cm³/mol. The summed E-state index contributed by atoms with van der Waals surface area (Å²) >= 11 is 3.10. The summed E-state index contributed by atoms with van der Waals surface area (Å²) in [7, 11) is -3.37. The van der Waals surface area contributed by atoms with Crippen molar-refractivity contribution in [2.75, 3.05) is 19.3 Å². The van der Waals surface area contributed by atoms with E-state index in [0.717, 1.165) is 31.5 Å². The maximum Gasteiger partial charge on any atom is 0.250 e. The van der Waals surface area contributed by atoms with Crippen LogP contribution in [0.15, 0.2) is 15.7 Å². The van der Waals surface area contributed by atoms with Gasteiger partial charge in [-0.05, 0) is 42.7 Å². The number of hydrogen-bond donors (Lipinski definition) is 2. The molecule has 0 bridgehead atoms. The van der Waals surface area contributed by atoms with Crippen LogP contribution in [0.3, 0.4) is 0 Å². The minimum absolute atomic E-state index is 0.0942. The molecule has 1 aromatic rings. The van der Waals surface area contributed by atoms with Crippen molar-refractivity contribution in [1.29, 1.82) is 0 Å². The monoisotopic (exact) mass is 348 g/mol. The number of thioether (sulfide) groups is 1. The molecule has 0 atom stereocenters. The predicted octanol–water partition coefficient (Wildman–Crippen LogP) is 2.81. The molecular formula is C14H24N2O2S3. The summed E-state index contributed by atoms with van der Waals surface area (Å²) < 4.78 is 28.1. The van der Waals surface area contributed by atoms with Crippen LogP contribution < -0.4 is 10.0 Å². The van der Waals surface area contributed by atoms with E-state index in [2.05, 4.69) is 16.3 Å². The highest BCUT2D eigenvalue weighted by Crippen LogP contribution is 2.39. The molecule has 1 aliphatic rings. The molecule has 120 valence electrons. The van der Waals surface area contributed by atoms with Crippen LogP contribution in [0.2, 0.25) is 0 Å². The SMILES string of the molecule is CCNCc1csc(S(=O)(=O)NCC2(SC)CCCC2)c1. The van der Waals surface area contributed by atoms with E-state index >= 15 is 0 Å². The van der Waals surface area contributed by atoms with Crippen LogP contribution in [0.1, 0.15) is 38.2 Å². The third-order valence-corrected chi connectivity index (χ3v) is 8.31. The zero-order valence-corrected chi connectivity index (χ0v) is 15.1. The lowest BCUT2D eigenvalue weighted by Gasteiger charge is -2.26. The highest BCUT2D eigenvalue weighted by molar-refractivity contribution is 8.00. The average Bonchev–Trinajstić information content (AvgIpc) is 3.13. The second kappa shape index (κ2) is 7.46. The molecule has 0 aliphatic heterocycles. The number of rotatable bonds is 8. The molecular weight excluding hydrogens is 324 g/mol. The minimum Gasteiger partial charge on any atom is -0.313 e. The lowest BCUT2D eigenvalue weighted by Crippen LogP contribution is -2.38. The lowest BCUT2D eigenvalue weighted by atomic mass is 10.1. The molecule has 0 amide bonds. The van der Waals surface area contributed by atoms with Gasteiger partial charge in [-0.2, -0.15) is 11.8 Å². The Kier molecular flexibility index (Phi) is 6.14. The number of hydrogen-bond acceptors (Lipinski definition) is 5. The zero-order chi connectivity index (χ0) is 15.3. The summed E-state index contributed by atoms with van der Waals surface area (Å²) in [5, 5.41) is 5.12. The summed E-state index contributed by atoms with van der Waals surface area (Å²) in [6.07, 6.45) is 6.70. The van der Waals surface area contributed by atoms with Crippen LogP contribution in [0.4, 0.5) is 0 Å². The number of thiophene rings is 1. The first kappa shape index (κ1) is 17.3. The van der Waals surface area contributed by atoms with Crippen LogP contribution in [0, 0.1) is 0 Å². The Labute approximate surface area is 136 Å². The van der Waals surface area contributed by atoms with Gasteiger partial charge in [0.1, 0.15) is 4.21 Å². The van der Waals surface area contributed by atoms with Crippen molar-refractivity contribution >= 4 is 33.1 Å². The third-order valence-electron chi connectivity index (χ3n) is 4.01. The fourth-order valence-corrected chi connectivity index (χ4v) is 6.01. The summed E-state index contributed by atoms with van der Waals surface area (Å²) in [5.74, 6) is 0. The quantitative estimate of drug-likeness (QED) is 0.758. The standard InChI is InChI=1S/C14H24N2O2S3/c1-3-15-9-12-8-13(20-10-12)21(17,18)16-11-14(19-2)6-4-5-7-14/h8,10,15-16H,3-7,9,11H2,1-2H3. The van der Waals surface area contributed by atoms with Crippen LogP contribution in [-0.2, 0) is 16.6 Å². The Morgan fingerprint density at radius 1 is 1.38 bits per heavy atom. The Balaban J connectivity index is 1.99. The molecule has 4 nitrogen and oxygen atoms in total. The van der Waals surface area contributed by atoms with Gasteiger partial charge in [-0.1, -0.05) is 19.8 Å². The zero-order valence-electron chi connectivity index (χ0n) is 12.6. The highest BCUT2D eigenvalue weighted by atomic mass is 32.2. The van der Waals surface area contributed by atoms with E-state index < -0.39 is 10.0 Å². The fraction of sp³-hybridized carbons (Fsp3) is 0.714. The van der Waals surface area contributed by atoms with Crippen LogP contribution >= 0.6 is 23.1 Å². The molecule has 21 heavy (non-hydrogen) atoms. The highest BCUT2D eigenvalue weighted by Gasteiger charge is 2.34. The topological polar surface area (TPSA) is 58.2 Å². The van der Waals surface area contributed by atoms with Crippen LogP contribution in [0.5, 0.6) is 0 Å². The maximum absolute atomic E-state index is 12.4. The van der Waals surface area contributed by atoms with Crippen LogP contribution in [-0.4, -0.2) is 32.5 Å². The van der Waals surface area contributed by atoms with Gasteiger partial charge in [0, 0.05) is 17.8 Å². The Bertz CT molecular complexity index is 548. The van der Waals surface area contributed by atoms with Gasteiger partial charge in [0.25, 0.3) is 0 Å². The molecule has 0 aromatic carbocycles. The first-order valence-electron chi connectivity index (χ1n) is 7.34. The van der Waals surface area contributed by atoms with Gasteiger partial charge < -0.3 is 5.32 Å². The molecule has 1 fully saturated rings. The van der Waals surface area contributed by atoms with E-state index in [1.165, 1.54) is 24.2 Å². The van der Waals surface area contributed by atoms with Crippen molar-refractivity contribution in [2.45, 2.75) is 48.1 Å². The maximum atomic E-state index is 12.4. The molecule has 1 heterocycles. The van der Waals surface area contributed by atoms with Gasteiger partial charge in [-0.3, -0.25) is 0 Å². The van der Waals surface area contributed by atoms with Gasteiger partial charge in [0.05, 0.1) is 0 Å². The Hall–Kier alpha value is -0.0800. The molecule has 1 aliphatic carbocycles. The molecule has 1 aromatic heterocycles. The summed E-state index contributed by atoms with van der Waals surface area (Å²) in [4.78, 5) is 0. The Morgan fingerprint density at radius 2 is 2.10 bits per heavy atom. The fourth-order valence-electron chi connectivity index (χ4n) is 2.63. The van der Waals surface area contributed by atoms with Gasteiger partial charge in [0.2, 0.25) is 10.0 Å². The minimum atomic E-state index is -3.37. The van der Waals surface area contributed by atoms with Crippen molar-refractivity contribution < 1.29 is 8.42 Å². The van der Waals surface area contributed by atoms with E-state index in [1.54, 1.807) is 17.8 Å². The van der Waals surface area contributed by atoms with Gasteiger partial charge in [-0.25, -0.2) is 13.1 Å².